The van der Waals surface area contributed by atoms with E-state index in [4.69, 9.17) is 0 Å². The molecule has 0 radical (unpaired) electrons. The monoisotopic (exact) mass is 262 g/mol. The number of amides is 2. The molecule has 1 aromatic rings. The van der Waals surface area contributed by atoms with Crippen molar-refractivity contribution in [1.29, 1.82) is 0 Å². The van der Waals surface area contributed by atoms with Crippen molar-refractivity contribution in [2.24, 2.45) is 5.92 Å². The number of hydrogen-bond donors (Lipinski definition) is 2. The number of benzene rings is 1. The predicted octanol–water partition coefficient (Wildman–Crippen LogP) is 2.10. The minimum Gasteiger partial charge on any atom is -0.352 e. The Bertz CT molecular complexity index is 438. The fraction of sp³-hybridized carbons (Fsp3) is 0.467. The summed E-state index contributed by atoms with van der Waals surface area (Å²) in [5.41, 5.74) is 1.61. The summed E-state index contributed by atoms with van der Waals surface area (Å²) in [7, 11) is 0. The summed E-state index contributed by atoms with van der Waals surface area (Å²) in [6.45, 7) is 8.10. The first-order valence-corrected chi connectivity index (χ1v) is 6.54. The summed E-state index contributed by atoms with van der Waals surface area (Å²) < 4.78 is 0. The highest BCUT2D eigenvalue weighted by molar-refractivity contribution is 5.94. The van der Waals surface area contributed by atoms with Crippen LogP contribution in [0.15, 0.2) is 24.3 Å². The van der Waals surface area contributed by atoms with Crippen LogP contribution in [0.5, 0.6) is 0 Å². The van der Waals surface area contributed by atoms with Crippen LogP contribution in [0.1, 0.15) is 43.6 Å². The van der Waals surface area contributed by atoms with Crippen molar-refractivity contribution in [3.05, 3.63) is 35.4 Å². The summed E-state index contributed by atoms with van der Waals surface area (Å²) in [6.07, 6.45) is 0. The van der Waals surface area contributed by atoms with Gasteiger partial charge in [0.15, 0.2) is 0 Å². The molecule has 2 N–H and O–H groups in total. The maximum Gasteiger partial charge on any atom is 0.251 e. The van der Waals surface area contributed by atoms with Gasteiger partial charge in [0, 0.05) is 25.1 Å². The van der Waals surface area contributed by atoms with E-state index in [9.17, 15) is 9.59 Å². The average molecular weight is 262 g/mol. The molecule has 0 aromatic heterocycles. The Morgan fingerprint density at radius 3 is 2.16 bits per heavy atom. The van der Waals surface area contributed by atoms with E-state index in [1.54, 1.807) is 12.1 Å². The van der Waals surface area contributed by atoms with Gasteiger partial charge in [-0.15, -0.1) is 0 Å². The molecule has 2 amide bonds. The lowest BCUT2D eigenvalue weighted by Crippen LogP contribution is -2.36. The molecule has 0 aliphatic rings. The third-order valence-corrected chi connectivity index (χ3v) is 3.12. The Hall–Kier alpha value is -1.84. The molecule has 104 valence electrons. The van der Waals surface area contributed by atoms with Crippen LogP contribution in [0.4, 0.5) is 0 Å². The molecule has 19 heavy (non-hydrogen) atoms. The Balaban J connectivity index is 2.60. The van der Waals surface area contributed by atoms with Gasteiger partial charge >= 0.3 is 0 Å². The van der Waals surface area contributed by atoms with Crippen LogP contribution in [-0.2, 0) is 11.3 Å². The molecular formula is C15H22N2O2. The average Bonchev–Trinajstić information content (AvgIpc) is 2.36. The van der Waals surface area contributed by atoms with E-state index < -0.39 is 0 Å². The quantitative estimate of drug-likeness (QED) is 0.853. The van der Waals surface area contributed by atoms with Crippen LogP contribution in [0.3, 0.4) is 0 Å². The second-order valence-electron chi connectivity index (χ2n) is 5.11. The normalized spacial score (nSPS) is 12.1. The van der Waals surface area contributed by atoms with Gasteiger partial charge in [-0.1, -0.05) is 26.0 Å². The molecule has 0 bridgehead atoms. The van der Waals surface area contributed by atoms with E-state index in [2.05, 4.69) is 24.5 Å². The Kier molecular flexibility index (Phi) is 5.55. The van der Waals surface area contributed by atoms with Crippen molar-refractivity contribution in [3.63, 3.8) is 0 Å². The largest absolute Gasteiger partial charge is 0.352 e. The molecule has 1 atom stereocenters. The van der Waals surface area contributed by atoms with Gasteiger partial charge in [0.1, 0.15) is 0 Å². The van der Waals surface area contributed by atoms with Crippen molar-refractivity contribution in [2.75, 3.05) is 0 Å². The molecule has 0 heterocycles. The van der Waals surface area contributed by atoms with Gasteiger partial charge in [0.05, 0.1) is 0 Å². The maximum atomic E-state index is 12.0. The third-order valence-electron chi connectivity index (χ3n) is 3.12. The first-order chi connectivity index (χ1) is 8.90. The Morgan fingerprint density at radius 2 is 1.68 bits per heavy atom. The molecule has 0 aliphatic heterocycles. The molecule has 0 saturated heterocycles. The van der Waals surface area contributed by atoms with Crippen molar-refractivity contribution >= 4 is 11.8 Å². The Morgan fingerprint density at radius 1 is 1.11 bits per heavy atom. The van der Waals surface area contributed by atoms with Crippen LogP contribution in [-0.4, -0.2) is 17.9 Å². The van der Waals surface area contributed by atoms with Crippen molar-refractivity contribution in [1.82, 2.24) is 10.6 Å². The molecule has 0 fully saturated rings. The van der Waals surface area contributed by atoms with E-state index in [0.29, 0.717) is 18.0 Å². The van der Waals surface area contributed by atoms with Crippen LogP contribution in [0.25, 0.3) is 0 Å². The van der Waals surface area contributed by atoms with Gasteiger partial charge < -0.3 is 10.6 Å². The molecule has 1 aromatic carbocycles. The number of carbonyl (C=O) groups is 2. The standard InChI is InChI=1S/C15H22N2O2/c1-10(2)11(3)17-15(19)14-7-5-13(6-8-14)9-16-12(4)18/h5-8,10-11H,9H2,1-4H3,(H,16,18)(H,17,19)/t11-/m1/s1. The van der Waals surface area contributed by atoms with Gasteiger partial charge in [-0.2, -0.15) is 0 Å². The molecule has 0 spiro atoms. The molecule has 0 aliphatic carbocycles. The third kappa shape index (κ3) is 5.12. The molecular weight excluding hydrogens is 240 g/mol. The van der Waals surface area contributed by atoms with Gasteiger partial charge in [-0.25, -0.2) is 0 Å². The van der Waals surface area contributed by atoms with E-state index in [1.807, 2.05) is 19.1 Å². The zero-order chi connectivity index (χ0) is 14.4. The van der Waals surface area contributed by atoms with Gasteiger partial charge in [0.2, 0.25) is 5.91 Å². The highest BCUT2D eigenvalue weighted by Gasteiger charge is 2.12. The fourth-order valence-corrected chi connectivity index (χ4v) is 1.46. The highest BCUT2D eigenvalue weighted by Crippen LogP contribution is 2.06. The van der Waals surface area contributed by atoms with Gasteiger partial charge in [-0.05, 0) is 30.5 Å². The van der Waals surface area contributed by atoms with Crippen molar-refractivity contribution < 1.29 is 9.59 Å². The van der Waals surface area contributed by atoms with Gasteiger partial charge in [-0.3, -0.25) is 9.59 Å². The number of hydrogen-bond acceptors (Lipinski definition) is 2. The van der Waals surface area contributed by atoms with E-state index >= 15 is 0 Å². The van der Waals surface area contributed by atoms with E-state index in [-0.39, 0.29) is 17.9 Å². The fourth-order valence-electron chi connectivity index (χ4n) is 1.46. The lowest BCUT2D eigenvalue weighted by molar-refractivity contribution is -0.119. The first kappa shape index (κ1) is 15.2. The van der Waals surface area contributed by atoms with Crippen LogP contribution in [0.2, 0.25) is 0 Å². The molecule has 0 saturated carbocycles. The summed E-state index contributed by atoms with van der Waals surface area (Å²) >= 11 is 0. The Labute approximate surface area is 114 Å². The number of rotatable bonds is 5. The first-order valence-electron chi connectivity index (χ1n) is 6.54. The number of carbonyl (C=O) groups excluding carboxylic acids is 2. The van der Waals surface area contributed by atoms with Gasteiger partial charge in [0.25, 0.3) is 5.91 Å². The molecule has 0 unspecified atom stereocenters. The topological polar surface area (TPSA) is 58.2 Å². The highest BCUT2D eigenvalue weighted by atomic mass is 16.2. The van der Waals surface area contributed by atoms with Crippen LogP contribution in [0, 0.1) is 5.92 Å². The van der Waals surface area contributed by atoms with Crippen LogP contribution >= 0.6 is 0 Å². The SMILES string of the molecule is CC(=O)NCc1ccc(C(=O)N[C@H](C)C(C)C)cc1. The zero-order valence-corrected chi connectivity index (χ0v) is 12.0. The summed E-state index contributed by atoms with van der Waals surface area (Å²) in [4.78, 5) is 22.8. The lowest BCUT2D eigenvalue weighted by atomic mass is 10.1. The van der Waals surface area contributed by atoms with Crippen molar-refractivity contribution in [2.45, 2.75) is 40.3 Å². The number of nitrogens with one attached hydrogen (secondary N) is 2. The smallest absolute Gasteiger partial charge is 0.251 e. The molecule has 4 heteroatoms. The lowest BCUT2D eigenvalue weighted by Gasteiger charge is -2.17. The second-order valence-corrected chi connectivity index (χ2v) is 5.11. The summed E-state index contributed by atoms with van der Waals surface area (Å²) in [5, 5.41) is 5.67. The van der Waals surface area contributed by atoms with E-state index in [0.717, 1.165) is 5.56 Å². The summed E-state index contributed by atoms with van der Waals surface area (Å²) in [6, 6.07) is 7.40. The molecule has 1 rings (SSSR count). The minimum atomic E-state index is -0.0627. The predicted molar refractivity (Wildman–Crippen MR) is 75.7 cm³/mol. The minimum absolute atomic E-state index is 0.0624. The van der Waals surface area contributed by atoms with Crippen LogP contribution < -0.4 is 10.6 Å². The van der Waals surface area contributed by atoms with Crippen molar-refractivity contribution in [3.8, 4) is 0 Å². The molecule has 4 nitrogen and oxygen atoms in total. The van der Waals surface area contributed by atoms with E-state index in [1.165, 1.54) is 6.92 Å². The second kappa shape index (κ2) is 6.92. The zero-order valence-electron chi connectivity index (χ0n) is 12.0. The maximum absolute atomic E-state index is 12.0. The summed E-state index contributed by atoms with van der Waals surface area (Å²) in [5.74, 6) is 0.280.